The Balaban J connectivity index is 0.950. The summed E-state index contributed by atoms with van der Waals surface area (Å²) in [6.45, 7) is 9.58. The summed E-state index contributed by atoms with van der Waals surface area (Å²) in [5.41, 5.74) is 2.55. The van der Waals surface area contributed by atoms with Gasteiger partial charge in [0.2, 0.25) is 5.91 Å². The van der Waals surface area contributed by atoms with E-state index in [1.54, 1.807) is 0 Å². The molecule has 2 aliphatic heterocycles. The van der Waals surface area contributed by atoms with Gasteiger partial charge in [0.25, 0.3) is 0 Å². The van der Waals surface area contributed by atoms with E-state index in [1.807, 2.05) is 44.2 Å². The average Bonchev–Trinajstić information content (AvgIpc) is 3.69. The van der Waals surface area contributed by atoms with Gasteiger partial charge in [0.1, 0.15) is 17.9 Å². The standard InChI is InChI=1S/C38H45BrN4O4S/c1-26(2)20-33(41-38(45)47-36-22-29-10-6-7-11-35(29)48-36)37(44)40-30-14-17-43(25-30)24-28-12-13-34(32(39)21-28)46-31-15-18-42(19-16-31)23-27-8-4-3-5-9-27/h3-13,21-22,26,30-31,33H,14-20,23-25H2,1-2H3,(H,40,44)(H,41,45)/t30-,33-/m0/s1. The third kappa shape index (κ3) is 9.59. The highest BCUT2D eigenvalue weighted by Crippen LogP contribution is 2.32. The Bertz CT molecular complexity index is 1640. The number of nitrogens with one attached hydrogen (secondary N) is 2. The molecule has 0 radical (unpaired) electrons. The van der Waals surface area contributed by atoms with Crippen LogP contribution in [0.3, 0.4) is 0 Å². The van der Waals surface area contributed by atoms with Crippen LogP contribution in [-0.2, 0) is 17.9 Å². The van der Waals surface area contributed by atoms with Gasteiger partial charge in [-0.1, -0.05) is 79.8 Å². The lowest BCUT2D eigenvalue weighted by molar-refractivity contribution is -0.124. The number of carbonyl (C=O) groups is 2. The number of hydrogen-bond donors (Lipinski definition) is 2. The Labute approximate surface area is 295 Å². The molecule has 1 aromatic heterocycles. The molecule has 0 aliphatic carbocycles. The van der Waals surface area contributed by atoms with Crippen LogP contribution >= 0.6 is 27.3 Å². The van der Waals surface area contributed by atoms with Crippen LogP contribution in [0.2, 0.25) is 0 Å². The SMILES string of the molecule is CC(C)C[C@H](NC(=O)Oc1cc2ccccc2s1)C(=O)N[C@H]1CCN(Cc2ccc(OC3CCN(Cc4ccccc4)CC3)c(Br)c2)C1. The zero-order chi connectivity index (χ0) is 33.5. The number of nitrogens with zero attached hydrogens (tertiary/aromatic N) is 2. The minimum Gasteiger partial charge on any atom is -0.489 e. The van der Waals surface area contributed by atoms with Crippen molar-refractivity contribution in [2.45, 2.75) is 70.8 Å². The van der Waals surface area contributed by atoms with Crippen LogP contribution in [0.5, 0.6) is 10.8 Å². The summed E-state index contributed by atoms with van der Waals surface area (Å²) in [5, 5.41) is 7.54. The molecule has 0 saturated carbocycles. The number of piperidine rings is 1. The highest BCUT2D eigenvalue weighted by molar-refractivity contribution is 9.10. The Morgan fingerprint density at radius 2 is 1.62 bits per heavy atom. The number of hydrogen-bond acceptors (Lipinski definition) is 7. The summed E-state index contributed by atoms with van der Waals surface area (Å²) in [7, 11) is 0. The van der Waals surface area contributed by atoms with Crippen molar-refractivity contribution >= 4 is 49.4 Å². The molecule has 6 rings (SSSR count). The minimum atomic E-state index is -0.666. The first-order valence-electron chi connectivity index (χ1n) is 17.0. The second kappa shape index (κ2) is 16.3. The van der Waals surface area contributed by atoms with Crippen molar-refractivity contribution in [3.63, 3.8) is 0 Å². The number of halogens is 1. The Hall–Kier alpha value is -3.44. The van der Waals surface area contributed by atoms with Gasteiger partial charge in [0.05, 0.1) is 4.47 Å². The van der Waals surface area contributed by atoms with Crippen molar-refractivity contribution in [2.24, 2.45) is 5.92 Å². The first kappa shape index (κ1) is 34.4. The molecule has 2 N–H and O–H groups in total. The van der Waals surface area contributed by atoms with Crippen LogP contribution in [-0.4, -0.2) is 66.2 Å². The second-order valence-electron chi connectivity index (χ2n) is 13.4. The van der Waals surface area contributed by atoms with Gasteiger partial charge >= 0.3 is 6.09 Å². The highest BCUT2D eigenvalue weighted by atomic mass is 79.9. The molecule has 2 aliphatic rings. The molecule has 2 atom stereocenters. The second-order valence-corrected chi connectivity index (χ2v) is 15.3. The van der Waals surface area contributed by atoms with Crippen LogP contribution in [0.25, 0.3) is 10.1 Å². The van der Waals surface area contributed by atoms with Gasteiger partial charge in [0, 0.05) is 56.1 Å². The van der Waals surface area contributed by atoms with E-state index in [0.717, 1.165) is 78.8 Å². The van der Waals surface area contributed by atoms with E-state index in [0.29, 0.717) is 11.5 Å². The molecule has 10 heteroatoms. The smallest absolute Gasteiger partial charge is 0.414 e. The third-order valence-corrected chi connectivity index (χ3v) is 10.6. The fourth-order valence-corrected chi connectivity index (χ4v) is 8.00. The van der Waals surface area contributed by atoms with E-state index in [4.69, 9.17) is 9.47 Å². The number of likely N-dealkylation sites (tertiary alicyclic amines) is 2. The third-order valence-electron chi connectivity index (χ3n) is 9.01. The van der Waals surface area contributed by atoms with E-state index in [-0.39, 0.29) is 24.0 Å². The lowest BCUT2D eigenvalue weighted by Gasteiger charge is -2.32. The molecule has 0 unspecified atom stereocenters. The van der Waals surface area contributed by atoms with Crippen LogP contribution in [0.4, 0.5) is 4.79 Å². The monoisotopic (exact) mass is 732 g/mol. The molecule has 3 aromatic carbocycles. The van der Waals surface area contributed by atoms with Gasteiger partial charge in [0.15, 0.2) is 5.06 Å². The summed E-state index contributed by atoms with van der Waals surface area (Å²) >= 11 is 5.16. The van der Waals surface area contributed by atoms with E-state index in [2.05, 4.69) is 84.9 Å². The van der Waals surface area contributed by atoms with Crippen LogP contribution in [0.1, 0.15) is 50.7 Å². The van der Waals surface area contributed by atoms with E-state index in [9.17, 15) is 9.59 Å². The lowest BCUT2D eigenvalue weighted by atomic mass is 10.0. The fourth-order valence-electron chi connectivity index (χ4n) is 6.57. The summed E-state index contributed by atoms with van der Waals surface area (Å²) in [4.78, 5) is 31.0. The maximum absolute atomic E-state index is 13.4. The van der Waals surface area contributed by atoms with Crippen molar-refractivity contribution in [2.75, 3.05) is 26.2 Å². The van der Waals surface area contributed by atoms with Crippen LogP contribution in [0.15, 0.2) is 83.3 Å². The van der Waals surface area contributed by atoms with Gasteiger partial charge < -0.3 is 20.1 Å². The molecule has 2 amide bonds. The van der Waals surface area contributed by atoms with Crippen molar-refractivity contribution < 1.29 is 19.1 Å². The number of benzene rings is 3. The summed E-state index contributed by atoms with van der Waals surface area (Å²) in [6, 6.07) is 26.1. The lowest BCUT2D eigenvalue weighted by Crippen LogP contribution is -2.51. The number of thiophene rings is 1. The van der Waals surface area contributed by atoms with E-state index in [1.165, 1.54) is 22.5 Å². The molecular weight excluding hydrogens is 688 g/mol. The molecule has 8 nitrogen and oxygen atoms in total. The highest BCUT2D eigenvalue weighted by Gasteiger charge is 2.29. The molecule has 4 aromatic rings. The number of carbonyl (C=O) groups excluding carboxylic acids is 2. The number of ether oxygens (including phenoxy) is 2. The largest absolute Gasteiger partial charge is 0.489 e. The van der Waals surface area contributed by atoms with Crippen LogP contribution in [0, 0.1) is 5.92 Å². The van der Waals surface area contributed by atoms with Gasteiger partial charge in [-0.2, -0.15) is 0 Å². The molecule has 0 bridgehead atoms. The Morgan fingerprint density at radius 1 is 0.896 bits per heavy atom. The molecule has 254 valence electrons. The van der Waals surface area contributed by atoms with Crippen molar-refractivity contribution in [3.05, 3.63) is 94.5 Å². The molecule has 3 heterocycles. The number of fused-ring (bicyclic) bond motifs is 1. The Morgan fingerprint density at radius 3 is 2.38 bits per heavy atom. The van der Waals surface area contributed by atoms with Gasteiger partial charge in [-0.05, 0) is 82.2 Å². The Kier molecular flexibility index (Phi) is 11.7. The summed E-state index contributed by atoms with van der Waals surface area (Å²) in [6.07, 6.45) is 3.03. The molecule has 2 saturated heterocycles. The number of amides is 2. The topological polar surface area (TPSA) is 83.1 Å². The van der Waals surface area contributed by atoms with E-state index >= 15 is 0 Å². The van der Waals surface area contributed by atoms with Gasteiger partial charge in [-0.3, -0.25) is 14.6 Å². The first-order valence-corrected chi connectivity index (χ1v) is 18.6. The maximum atomic E-state index is 13.4. The molecular formula is C38H45BrN4O4S. The predicted octanol–water partition coefficient (Wildman–Crippen LogP) is 7.60. The van der Waals surface area contributed by atoms with Crippen LogP contribution < -0.4 is 20.1 Å². The summed E-state index contributed by atoms with van der Waals surface area (Å²) in [5.74, 6) is 0.948. The molecule has 0 spiro atoms. The van der Waals surface area contributed by atoms with Gasteiger partial charge in [-0.25, -0.2) is 4.79 Å². The normalized spacial score (nSPS) is 18.2. The zero-order valence-electron chi connectivity index (χ0n) is 27.7. The minimum absolute atomic E-state index is 0.0198. The fraction of sp³-hybridized carbons (Fsp3) is 0.421. The van der Waals surface area contributed by atoms with Crippen molar-refractivity contribution in [1.29, 1.82) is 0 Å². The quantitative estimate of drug-likeness (QED) is 0.156. The summed E-state index contributed by atoms with van der Waals surface area (Å²) < 4.78 is 14.0. The van der Waals surface area contributed by atoms with Crippen molar-refractivity contribution in [3.8, 4) is 10.8 Å². The maximum Gasteiger partial charge on any atom is 0.414 e. The molecule has 2 fully saturated rings. The first-order chi connectivity index (χ1) is 23.3. The average molecular weight is 734 g/mol. The zero-order valence-corrected chi connectivity index (χ0v) is 30.1. The predicted molar refractivity (Wildman–Crippen MR) is 196 cm³/mol. The van der Waals surface area contributed by atoms with Crippen molar-refractivity contribution in [1.82, 2.24) is 20.4 Å². The molecule has 48 heavy (non-hydrogen) atoms. The van der Waals surface area contributed by atoms with Gasteiger partial charge in [-0.15, -0.1) is 0 Å². The number of rotatable bonds is 12. The van der Waals surface area contributed by atoms with E-state index < -0.39 is 12.1 Å².